The van der Waals surface area contributed by atoms with Crippen LogP contribution in [0.25, 0.3) is 10.8 Å². The van der Waals surface area contributed by atoms with Crippen molar-refractivity contribution in [3.05, 3.63) is 29.0 Å². The van der Waals surface area contributed by atoms with E-state index < -0.39 is 29.9 Å². The average molecular weight is 327 g/mol. The lowest BCUT2D eigenvalue weighted by Crippen LogP contribution is -2.29. The Bertz CT molecular complexity index is 749. The Labute approximate surface area is 129 Å². The van der Waals surface area contributed by atoms with Crippen molar-refractivity contribution in [2.75, 3.05) is 13.7 Å². The summed E-state index contributed by atoms with van der Waals surface area (Å²) in [6, 6.07) is 4.62. The summed E-state index contributed by atoms with van der Waals surface area (Å²) in [5.74, 6) is -2.00. The van der Waals surface area contributed by atoms with Crippen LogP contribution in [0.3, 0.4) is 0 Å². The van der Waals surface area contributed by atoms with Crippen LogP contribution in [-0.2, 0) is 9.63 Å². The molecule has 1 amide bonds. The third kappa shape index (κ3) is 3.02. The summed E-state index contributed by atoms with van der Waals surface area (Å²) in [7, 11) is 1.47. The number of rotatable bonds is 3. The van der Waals surface area contributed by atoms with E-state index in [1.807, 2.05) is 0 Å². The molecule has 0 spiro atoms. The fraction of sp³-hybridized carbons (Fsp3) is 0.154. The minimum atomic E-state index is -1.13. The van der Waals surface area contributed by atoms with Crippen LogP contribution in [0.5, 0.6) is 11.5 Å². The molecule has 0 fully saturated rings. The van der Waals surface area contributed by atoms with E-state index in [-0.39, 0.29) is 10.5 Å². The second-order valence-electron chi connectivity index (χ2n) is 4.08. The molecule has 1 aromatic carbocycles. The molecule has 3 N–H and O–H groups in total. The van der Waals surface area contributed by atoms with Crippen molar-refractivity contribution in [3.63, 3.8) is 0 Å². The summed E-state index contributed by atoms with van der Waals surface area (Å²) in [6.45, 7) is -0.856. The Morgan fingerprint density at radius 2 is 2.09 bits per heavy atom. The number of nitrogens with one attached hydrogen (secondary N) is 1. The lowest BCUT2D eigenvalue weighted by molar-refractivity contribution is -0.132. The van der Waals surface area contributed by atoms with E-state index in [9.17, 15) is 14.7 Å². The lowest BCUT2D eigenvalue weighted by atomic mass is 10.1. The van der Waals surface area contributed by atoms with Crippen molar-refractivity contribution in [1.29, 1.82) is 0 Å². The Morgan fingerprint density at radius 3 is 2.73 bits per heavy atom. The molecule has 2 aromatic rings. The first kappa shape index (κ1) is 15.8. The number of aliphatic hydroxyl groups is 1. The van der Waals surface area contributed by atoms with Gasteiger partial charge in [-0.15, -0.1) is 0 Å². The van der Waals surface area contributed by atoms with E-state index in [1.54, 1.807) is 17.6 Å². The third-order valence-corrected chi connectivity index (χ3v) is 3.02. The minimum Gasteiger partial charge on any atom is -0.505 e. The second-order valence-corrected chi connectivity index (χ2v) is 4.44. The van der Waals surface area contributed by atoms with Crippen molar-refractivity contribution in [3.8, 4) is 11.5 Å². The van der Waals surface area contributed by atoms with E-state index in [1.165, 1.54) is 13.2 Å². The first-order chi connectivity index (χ1) is 10.5. The first-order valence-electron chi connectivity index (χ1n) is 5.95. The molecular formula is C13H11ClN2O6. The fourth-order valence-corrected chi connectivity index (χ4v) is 1.93. The largest absolute Gasteiger partial charge is 0.505 e. The van der Waals surface area contributed by atoms with Crippen LogP contribution in [0.1, 0.15) is 10.5 Å². The zero-order valence-corrected chi connectivity index (χ0v) is 12.0. The Morgan fingerprint density at radius 1 is 1.36 bits per heavy atom. The zero-order chi connectivity index (χ0) is 16.3. The van der Waals surface area contributed by atoms with Crippen molar-refractivity contribution < 1.29 is 29.4 Å². The number of carbonyl (C=O) groups is 2. The third-order valence-electron chi connectivity index (χ3n) is 2.73. The summed E-state index contributed by atoms with van der Waals surface area (Å²) in [4.78, 5) is 30.8. The molecule has 0 bridgehead atoms. The molecule has 8 nitrogen and oxygen atoms in total. The maximum atomic E-state index is 11.8. The number of aromatic hydroxyl groups is 1. The van der Waals surface area contributed by atoms with Gasteiger partial charge in [-0.25, -0.2) is 9.78 Å². The molecule has 1 aromatic heterocycles. The number of aliphatic hydroxyl groups excluding tert-OH is 1. The van der Waals surface area contributed by atoms with Gasteiger partial charge in [-0.3, -0.25) is 4.79 Å². The van der Waals surface area contributed by atoms with Crippen LogP contribution in [0.15, 0.2) is 18.2 Å². The number of hydrogen-bond acceptors (Lipinski definition) is 7. The van der Waals surface area contributed by atoms with Crippen molar-refractivity contribution in [2.24, 2.45) is 0 Å². The van der Waals surface area contributed by atoms with Crippen LogP contribution < -0.4 is 10.2 Å². The highest BCUT2D eigenvalue weighted by Gasteiger charge is 2.21. The molecule has 0 aliphatic heterocycles. The molecule has 0 aliphatic carbocycles. The van der Waals surface area contributed by atoms with E-state index in [4.69, 9.17) is 21.4 Å². The highest BCUT2D eigenvalue weighted by molar-refractivity contribution is 6.35. The van der Waals surface area contributed by atoms with Crippen LogP contribution in [0.2, 0.25) is 5.15 Å². The van der Waals surface area contributed by atoms with E-state index in [0.717, 1.165) is 0 Å². The average Bonchev–Trinajstić information content (AvgIpc) is 2.54. The number of nitrogens with zero attached hydrogens (tertiary/aromatic N) is 1. The molecule has 22 heavy (non-hydrogen) atoms. The number of hydroxylamine groups is 1. The maximum absolute atomic E-state index is 11.8. The SMILES string of the molecule is COc1ccc2c(O)c(C(=O)ONC(=O)CO)nc(Cl)c2c1. The molecule has 0 radical (unpaired) electrons. The topological polar surface area (TPSA) is 118 Å². The van der Waals surface area contributed by atoms with Crippen LogP contribution in [0.4, 0.5) is 0 Å². The Balaban J connectivity index is 2.41. The number of ether oxygens (including phenoxy) is 1. The van der Waals surface area contributed by atoms with Gasteiger partial charge in [-0.05, 0) is 18.2 Å². The van der Waals surface area contributed by atoms with Gasteiger partial charge in [0.1, 0.15) is 17.5 Å². The molecule has 0 saturated heterocycles. The smallest absolute Gasteiger partial charge is 0.385 e. The lowest BCUT2D eigenvalue weighted by Gasteiger charge is -2.09. The molecule has 116 valence electrons. The molecule has 0 atom stereocenters. The van der Waals surface area contributed by atoms with Crippen molar-refractivity contribution >= 4 is 34.2 Å². The predicted molar refractivity (Wildman–Crippen MR) is 75.6 cm³/mol. The number of benzene rings is 1. The summed E-state index contributed by atoms with van der Waals surface area (Å²) in [5, 5.41) is 19.2. The number of hydrogen-bond donors (Lipinski definition) is 3. The number of fused-ring (bicyclic) bond motifs is 1. The summed E-state index contributed by atoms with van der Waals surface area (Å²) < 4.78 is 5.04. The minimum absolute atomic E-state index is 0.0489. The molecular weight excluding hydrogens is 316 g/mol. The van der Waals surface area contributed by atoms with Gasteiger partial charge in [0.2, 0.25) is 0 Å². The van der Waals surface area contributed by atoms with E-state index in [2.05, 4.69) is 9.82 Å². The van der Waals surface area contributed by atoms with Crippen LogP contribution in [0, 0.1) is 0 Å². The van der Waals surface area contributed by atoms with Gasteiger partial charge in [0.05, 0.1) is 7.11 Å². The van der Waals surface area contributed by atoms with Gasteiger partial charge in [0.25, 0.3) is 5.91 Å². The standard InChI is InChI=1S/C13H11ClN2O6/c1-21-6-2-3-7-8(4-6)12(14)15-10(11(7)19)13(20)22-16-9(18)5-17/h2-4,17,19H,5H2,1H3,(H,16,18). The van der Waals surface area contributed by atoms with Crippen molar-refractivity contribution in [2.45, 2.75) is 0 Å². The second kappa shape index (κ2) is 6.46. The summed E-state index contributed by atoms with van der Waals surface area (Å²) in [6.07, 6.45) is 0. The number of pyridine rings is 1. The van der Waals surface area contributed by atoms with Gasteiger partial charge in [-0.1, -0.05) is 11.6 Å². The van der Waals surface area contributed by atoms with Gasteiger partial charge in [-0.2, -0.15) is 5.48 Å². The van der Waals surface area contributed by atoms with Crippen LogP contribution in [-0.4, -0.2) is 40.8 Å². The van der Waals surface area contributed by atoms with E-state index in [0.29, 0.717) is 11.1 Å². The first-order valence-corrected chi connectivity index (χ1v) is 6.32. The maximum Gasteiger partial charge on any atom is 0.385 e. The monoisotopic (exact) mass is 326 g/mol. The molecule has 1 heterocycles. The molecule has 0 unspecified atom stereocenters. The van der Waals surface area contributed by atoms with Gasteiger partial charge in [0.15, 0.2) is 11.4 Å². The van der Waals surface area contributed by atoms with Gasteiger partial charge < -0.3 is 19.8 Å². The van der Waals surface area contributed by atoms with Gasteiger partial charge in [0, 0.05) is 10.8 Å². The Kier molecular flexibility index (Phi) is 4.64. The molecule has 2 rings (SSSR count). The van der Waals surface area contributed by atoms with Gasteiger partial charge >= 0.3 is 5.97 Å². The van der Waals surface area contributed by atoms with E-state index >= 15 is 0 Å². The normalized spacial score (nSPS) is 10.3. The number of aromatic nitrogens is 1. The molecule has 9 heteroatoms. The zero-order valence-electron chi connectivity index (χ0n) is 11.3. The molecule has 0 saturated carbocycles. The van der Waals surface area contributed by atoms with Crippen LogP contribution >= 0.6 is 11.6 Å². The number of amides is 1. The highest BCUT2D eigenvalue weighted by atomic mass is 35.5. The molecule has 0 aliphatic rings. The van der Waals surface area contributed by atoms with Crippen molar-refractivity contribution in [1.82, 2.24) is 10.5 Å². The number of halogens is 1. The number of methoxy groups -OCH3 is 1. The Hall–Kier alpha value is -2.58. The number of carbonyl (C=O) groups excluding carboxylic acids is 2. The quantitative estimate of drug-likeness (QED) is 0.563. The fourth-order valence-electron chi connectivity index (χ4n) is 1.69. The highest BCUT2D eigenvalue weighted by Crippen LogP contribution is 2.34. The predicted octanol–water partition coefficient (Wildman–Crippen LogP) is 0.783. The summed E-state index contributed by atoms with van der Waals surface area (Å²) in [5.41, 5.74) is 1.22. The summed E-state index contributed by atoms with van der Waals surface area (Å²) >= 11 is 5.98.